The highest BCUT2D eigenvalue weighted by Gasteiger charge is 2.17. The summed E-state index contributed by atoms with van der Waals surface area (Å²) in [6.07, 6.45) is 11.3. The van der Waals surface area contributed by atoms with E-state index in [1.807, 2.05) is 6.92 Å². The Balaban J connectivity index is 0.000000218. The van der Waals surface area contributed by atoms with Crippen LogP contribution in [0, 0.1) is 0 Å². The number of carbonyl (C=O) groups is 2. The van der Waals surface area contributed by atoms with Gasteiger partial charge in [-0.15, -0.1) is 0 Å². The maximum absolute atomic E-state index is 11.3. The minimum Gasteiger partial charge on any atom is -0.295 e. The largest absolute Gasteiger partial charge is 0.295 e. The molecular weight excluding hydrogens is 236 g/mol. The fraction of sp³-hybridized carbons (Fsp3) is 0.529. The van der Waals surface area contributed by atoms with Gasteiger partial charge in [-0.3, -0.25) is 9.59 Å². The molecule has 0 spiro atoms. The van der Waals surface area contributed by atoms with Gasteiger partial charge in [0.15, 0.2) is 11.6 Å². The zero-order valence-corrected chi connectivity index (χ0v) is 12.3. The molecule has 0 N–H and O–H groups in total. The summed E-state index contributed by atoms with van der Waals surface area (Å²) in [5.74, 6) is 0.644. The average molecular weight is 260 g/mol. The van der Waals surface area contributed by atoms with Crippen molar-refractivity contribution in [3.63, 3.8) is 0 Å². The second kappa shape index (κ2) is 7.88. The molecule has 0 aromatic carbocycles. The van der Waals surface area contributed by atoms with Crippen molar-refractivity contribution in [1.29, 1.82) is 0 Å². The summed E-state index contributed by atoms with van der Waals surface area (Å²) in [6.45, 7) is 6.17. The minimum absolute atomic E-state index is 0.289. The number of hydrogen-bond donors (Lipinski definition) is 0. The van der Waals surface area contributed by atoms with Gasteiger partial charge < -0.3 is 0 Å². The SMILES string of the molecule is CC/C=C/CC1=C(C)CCC1=O.CC1=CC(=O)CC1. The minimum atomic E-state index is 0.289. The van der Waals surface area contributed by atoms with Crippen LogP contribution in [-0.2, 0) is 9.59 Å². The normalized spacial score (nSPS) is 19.0. The molecule has 0 radical (unpaired) electrons. The van der Waals surface area contributed by atoms with Crippen molar-refractivity contribution >= 4 is 11.6 Å². The lowest BCUT2D eigenvalue weighted by Crippen LogP contribution is -1.94. The Kier molecular flexibility index (Phi) is 6.48. The quantitative estimate of drug-likeness (QED) is 0.708. The van der Waals surface area contributed by atoms with Crippen LogP contribution in [0.3, 0.4) is 0 Å². The number of allylic oxidation sites excluding steroid dienone is 6. The predicted molar refractivity (Wildman–Crippen MR) is 79.0 cm³/mol. The van der Waals surface area contributed by atoms with Gasteiger partial charge in [-0.1, -0.05) is 30.2 Å². The van der Waals surface area contributed by atoms with Crippen LogP contribution in [-0.4, -0.2) is 11.6 Å². The third kappa shape index (κ3) is 5.37. The lowest BCUT2D eigenvalue weighted by Gasteiger charge is -1.96. The molecule has 2 rings (SSSR count). The molecule has 0 heterocycles. The maximum Gasteiger partial charge on any atom is 0.159 e. The first-order chi connectivity index (χ1) is 9.04. The van der Waals surface area contributed by atoms with Crippen molar-refractivity contribution in [3.8, 4) is 0 Å². The Hall–Kier alpha value is -1.44. The van der Waals surface area contributed by atoms with Crippen molar-refractivity contribution < 1.29 is 9.59 Å². The van der Waals surface area contributed by atoms with Crippen molar-refractivity contribution in [3.05, 3.63) is 34.9 Å². The molecule has 0 amide bonds. The second-order valence-corrected chi connectivity index (χ2v) is 5.22. The molecule has 0 bridgehead atoms. The number of ketones is 2. The van der Waals surface area contributed by atoms with Crippen LogP contribution in [0.5, 0.6) is 0 Å². The number of Topliss-reactive ketones (excluding diaryl/α,β-unsaturated/α-hetero) is 1. The Labute approximate surface area is 116 Å². The monoisotopic (exact) mass is 260 g/mol. The fourth-order valence-electron chi connectivity index (χ4n) is 2.24. The first kappa shape index (κ1) is 15.6. The molecule has 0 atom stereocenters. The lowest BCUT2D eigenvalue weighted by molar-refractivity contribution is -0.115. The summed E-state index contributed by atoms with van der Waals surface area (Å²) < 4.78 is 0. The van der Waals surface area contributed by atoms with E-state index in [1.54, 1.807) is 6.08 Å². The molecule has 2 heteroatoms. The third-order valence-corrected chi connectivity index (χ3v) is 3.48. The molecule has 0 aromatic heterocycles. The summed E-state index contributed by atoms with van der Waals surface area (Å²) >= 11 is 0. The van der Waals surface area contributed by atoms with Gasteiger partial charge >= 0.3 is 0 Å². The van der Waals surface area contributed by atoms with E-state index in [4.69, 9.17) is 0 Å². The zero-order valence-electron chi connectivity index (χ0n) is 12.3. The van der Waals surface area contributed by atoms with Crippen LogP contribution in [0.2, 0.25) is 0 Å². The van der Waals surface area contributed by atoms with Crippen molar-refractivity contribution in [1.82, 2.24) is 0 Å². The highest BCUT2D eigenvalue weighted by Crippen LogP contribution is 2.24. The zero-order chi connectivity index (χ0) is 14.3. The van der Waals surface area contributed by atoms with Gasteiger partial charge in [0.1, 0.15) is 0 Å². The van der Waals surface area contributed by atoms with Crippen LogP contribution in [0.1, 0.15) is 59.3 Å². The summed E-state index contributed by atoms with van der Waals surface area (Å²) in [5.41, 5.74) is 3.57. The highest BCUT2D eigenvalue weighted by atomic mass is 16.1. The Morgan fingerprint density at radius 2 is 1.79 bits per heavy atom. The van der Waals surface area contributed by atoms with Gasteiger partial charge in [0.05, 0.1) is 0 Å². The standard InChI is InChI=1S/C11H16O.C6H8O/c1-3-4-5-6-10-9(2)7-8-11(10)12;1-5-2-3-6(7)4-5/h4-5H,3,6-8H2,1-2H3;4H,2-3H2,1H3/b5-4+;. The highest BCUT2D eigenvalue weighted by molar-refractivity contribution is 5.98. The van der Waals surface area contributed by atoms with Crippen LogP contribution >= 0.6 is 0 Å². The summed E-state index contributed by atoms with van der Waals surface area (Å²) in [6, 6.07) is 0. The summed E-state index contributed by atoms with van der Waals surface area (Å²) in [5, 5.41) is 0. The van der Waals surface area contributed by atoms with E-state index in [2.05, 4.69) is 26.0 Å². The average Bonchev–Trinajstić information content (AvgIpc) is 2.89. The first-order valence-electron chi connectivity index (χ1n) is 7.11. The number of rotatable bonds is 3. The number of hydrogen-bond acceptors (Lipinski definition) is 2. The predicted octanol–water partition coefficient (Wildman–Crippen LogP) is 4.32. The van der Waals surface area contributed by atoms with Gasteiger partial charge in [-0.05, 0) is 51.2 Å². The molecule has 104 valence electrons. The maximum atomic E-state index is 11.3. The first-order valence-corrected chi connectivity index (χ1v) is 7.11. The molecule has 19 heavy (non-hydrogen) atoms. The van der Waals surface area contributed by atoms with Gasteiger partial charge in [0.2, 0.25) is 0 Å². The molecular formula is C17H24O2. The number of carbonyl (C=O) groups excluding carboxylic acids is 2. The van der Waals surface area contributed by atoms with E-state index < -0.39 is 0 Å². The molecule has 0 saturated heterocycles. The molecule has 2 aliphatic rings. The van der Waals surface area contributed by atoms with Crippen LogP contribution in [0.25, 0.3) is 0 Å². The molecule has 2 nitrogen and oxygen atoms in total. The van der Waals surface area contributed by atoms with E-state index in [-0.39, 0.29) is 5.78 Å². The molecule has 2 aliphatic carbocycles. The van der Waals surface area contributed by atoms with Crippen molar-refractivity contribution in [2.45, 2.75) is 59.3 Å². The molecule has 0 fully saturated rings. The molecule has 0 aliphatic heterocycles. The molecule has 0 aromatic rings. The summed E-state index contributed by atoms with van der Waals surface area (Å²) in [4.78, 5) is 21.7. The topological polar surface area (TPSA) is 34.1 Å². The van der Waals surface area contributed by atoms with Crippen molar-refractivity contribution in [2.24, 2.45) is 0 Å². The van der Waals surface area contributed by atoms with E-state index in [1.165, 1.54) is 11.1 Å². The Bertz CT molecular complexity index is 436. The Morgan fingerprint density at radius 3 is 2.16 bits per heavy atom. The summed E-state index contributed by atoms with van der Waals surface area (Å²) in [7, 11) is 0. The van der Waals surface area contributed by atoms with E-state index >= 15 is 0 Å². The van der Waals surface area contributed by atoms with Gasteiger partial charge in [-0.2, -0.15) is 0 Å². The van der Waals surface area contributed by atoms with Gasteiger partial charge in [0.25, 0.3) is 0 Å². The van der Waals surface area contributed by atoms with E-state index in [9.17, 15) is 9.59 Å². The smallest absolute Gasteiger partial charge is 0.159 e. The van der Waals surface area contributed by atoms with Crippen LogP contribution < -0.4 is 0 Å². The molecule has 0 unspecified atom stereocenters. The van der Waals surface area contributed by atoms with E-state index in [0.29, 0.717) is 5.78 Å². The second-order valence-electron chi connectivity index (χ2n) is 5.22. The van der Waals surface area contributed by atoms with Crippen molar-refractivity contribution in [2.75, 3.05) is 0 Å². The van der Waals surface area contributed by atoms with Crippen LogP contribution in [0.15, 0.2) is 34.9 Å². The van der Waals surface area contributed by atoms with Gasteiger partial charge in [-0.25, -0.2) is 0 Å². The van der Waals surface area contributed by atoms with Gasteiger partial charge in [0, 0.05) is 12.8 Å². The molecule has 0 saturated carbocycles. The van der Waals surface area contributed by atoms with Crippen LogP contribution in [0.4, 0.5) is 0 Å². The lowest BCUT2D eigenvalue weighted by atomic mass is 10.1. The Morgan fingerprint density at radius 1 is 1.05 bits per heavy atom. The fourth-order valence-corrected chi connectivity index (χ4v) is 2.24. The third-order valence-electron chi connectivity index (χ3n) is 3.48. The van der Waals surface area contributed by atoms with E-state index in [0.717, 1.165) is 44.1 Å².